The van der Waals surface area contributed by atoms with E-state index in [-0.39, 0.29) is 18.3 Å². The molecule has 0 atom stereocenters. The van der Waals surface area contributed by atoms with Crippen molar-refractivity contribution in [3.8, 4) is 0 Å². The summed E-state index contributed by atoms with van der Waals surface area (Å²) in [6.07, 6.45) is 2.21. The molecule has 0 amide bonds. The van der Waals surface area contributed by atoms with Gasteiger partial charge in [-0.25, -0.2) is 0 Å². The van der Waals surface area contributed by atoms with Crippen LogP contribution in [0.1, 0.15) is 48.5 Å². The molecule has 0 heterocycles. The topological polar surface area (TPSA) is 65.0 Å². The van der Waals surface area contributed by atoms with Gasteiger partial charge in [-0.1, -0.05) is 0 Å². The molecule has 6 heteroatoms. The van der Waals surface area contributed by atoms with Gasteiger partial charge in [-0.3, -0.25) is 4.79 Å². The molecule has 0 aliphatic carbocycles. The first-order valence-electron chi connectivity index (χ1n) is 6.88. The molecule has 0 saturated carbocycles. The Kier molecular flexibility index (Phi) is 12.7. The van der Waals surface area contributed by atoms with Crippen LogP contribution in [0.4, 0.5) is 0 Å². The van der Waals surface area contributed by atoms with Crippen LogP contribution in [0.5, 0.6) is 0 Å². The summed E-state index contributed by atoms with van der Waals surface area (Å²) in [5.74, 6) is -0.833. The van der Waals surface area contributed by atoms with Gasteiger partial charge in [0, 0.05) is 6.92 Å². The minimum atomic E-state index is -3.16. The van der Waals surface area contributed by atoms with Gasteiger partial charge in [0.25, 0.3) is 5.97 Å². The van der Waals surface area contributed by atoms with Crippen molar-refractivity contribution in [2.45, 2.75) is 71.5 Å². The van der Waals surface area contributed by atoms with Crippen LogP contribution < -0.4 is 0 Å². The van der Waals surface area contributed by atoms with Gasteiger partial charge in [-0.05, 0) is 0 Å². The molecule has 20 heavy (non-hydrogen) atoms. The van der Waals surface area contributed by atoms with E-state index in [1.165, 1.54) is 0 Å². The van der Waals surface area contributed by atoms with Crippen LogP contribution in [-0.2, 0) is 32.5 Å². The monoisotopic (exact) mass is 326 g/mol. The van der Waals surface area contributed by atoms with Crippen molar-refractivity contribution in [2.24, 2.45) is 0 Å². The van der Waals surface area contributed by atoms with Crippen molar-refractivity contribution in [1.82, 2.24) is 0 Å². The number of hydrogen-bond acceptors (Lipinski definition) is 4. The van der Waals surface area contributed by atoms with Crippen molar-refractivity contribution >= 4 is 5.97 Å². The number of allylic oxidation sites excluding steroid dienone is 1. The fourth-order valence-corrected chi connectivity index (χ4v) is 6.11. The smallest absolute Gasteiger partial charge is 0.300 e. The molecular formula is C14H30O5Ti. The molecule has 0 unspecified atom stereocenters. The van der Waals surface area contributed by atoms with Crippen LogP contribution in [0.2, 0.25) is 4.73 Å². The molecule has 1 N–H and O–H groups in total. The van der Waals surface area contributed by atoms with Crippen LogP contribution in [0.3, 0.4) is 0 Å². The fourth-order valence-electron chi connectivity index (χ4n) is 1.48. The van der Waals surface area contributed by atoms with Crippen molar-refractivity contribution in [3.05, 3.63) is 12.7 Å². The van der Waals surface area contributed by atoms with Gasteiger partial charge in [0.15, 0.2) is 0 Å². The normalized spacial score (nSPS) is 11.5. The summed E-state index contributed by atoms with van der Waals surface area (Å²) in [7, 11) is 0. The molecule has 5 nitrogen and oxygen atoms in total. The Hall–Kier alpha value is -0.196. The molecular weight excluding hydrogens is 296 g/mol. The first kappa shape index (κ1) is 22.1. The molecule has 0 radical (unpaired) electrons. The Morgan fingerprint density at radius 1 is 1.05 bits per heavy atom. The summed E-state index contributed by atoms with van der Waals surface area (Å²) >= 11 is -3.16. The molecule has 0 aromatic heterocycles. The Bertz CT molecular complexity index is 246. The zero-order valence-electron chi connectivity index (χ0n) is 13.8. The van der Waals surface area contributed by atoms with Crippen LogP contribution in [0.25, 0.3) is 0 Å². The quantitative estimate of drug-likeness (QED) is 0.542. The maximum absolute atomic E-state index is 9.00. The molecule has 0 fully saturated rings. The molecule has 0 aromatic rings. The summed E-state index contributed by atoms with van der Waals surface area (Å²) in [5.41, 5.74) is 0. The zero-order valence-corrected chi connectivity index (χ0v) is 15.4. The molecule has 0 saturated heterocycles. The summed E-state index contributed by atoms with van der Waals surface area (Å²) in [4.78, 5) is 9.00. The van der Waals surface area contributed by atoms with Gasteiger partial charge in [0.2, 0.25) is 0 Å². The Morgan fingerprint density at radius 2 is 1.30 bits per heavy atom. The summed E-state index contributed by atoms with van der Waals surface area (Å²) < 4.78 is 18.6. The number of carboxylic acid groups (broad SMARTS) is 1. The summed E-state index contributed by atoms with van der Waals surface area (Å²) in [6, 6.07) is 0. The van der Waals surface area contributed by atoms with E-state index in [0.717, 1.165) is 6.92 Å². The van der Waals surface area contributed by atoms with Gasteiger partial charge >= 0.3 is 105 Å². The first-order chi connectivity index (χ1) is 9.04. The number of hydrogen-bond donors (Lipinski definition) is 1. The van der Waals surface area contributed by atoms with Crippen molar-refractivity contribution in [1.29, 1.82) is 0 Å². The molecule has 0 aromatic carbocycles. The summed E-state index contributed by atoms with van der Waals surface area (Å²) in [5, 5.41) is 7.42. The third-order valence-electron chi connectivity index (χ3n) is 1.64. The standard InChI is InChI=1S/3C3H7O.C3H5.C2H4O2.Ti/c3*1-3(2)4;1-3-2;1-2(3)4;/h3*3H,1-2H3;3H,1-2H2;1H3,(H,3,4);/q3*-1;;;+3. The van der Waals surface area contributed by atoms with Crippen LogP contribution in [0.15, 0.2) is 12.7 Å². The minimum Gasteiger partial charge on any atom is -0.481 e. The van der Waals surface area contributed by atoms with E-state index in [0.29, 0.717) is 4.73 Å². The number of carbonyl (C=O) groups is 1. The van der Waals surface area contributed by atoms with Gasteiger partial charge in [0.05, 0.1) is 0 Å². The third kappa shape index (κ3) is 14.2. The molecule has 0 rings (SSSR count). The molecule has 120 valence electrons. The van der Waals surface area contributed by atoms with E-state index in [1.54, 1.807) is 0 Å². The Balaban J connectivity index is 0. The second-order valence-corrected chi connectivity index (χ2v) is 9.07. The first-order valence-corrected chi connectivity index (χ1v) is 9.90. The molecule has 0 aliphatic rings. The predicted molar refractivity (Wildman–Crippen MR) is 77.0 cm³/mol. The summed E-state index contributed by atoms with van der Waals surface area (Å²) in [6.45, 7) is 16.9. The average molecular weight is 326 g/mol. The third-order valence-corrected chi connectivity index (χ3v) is 6.76. The molecule has 0 spiro atoms. The molecule has 0 aliphatic heterocycles. The van der Waals surface area contributed by atoms with Gasteiger partial charge in [-0.15, -0.1) is 0 Å². The van der Waals surface area contributed by atoms with Crippen LogP contribution in [-0.4, -0.2) is 29.4 Å². The van der Waals surface area contributed by atoms with E-state index in [1.807, 2.05) is 47.6 Å². The predicted octanol–water partition coefficient (Wildman–Crippen LogP) is 3.86. The van der Waals surface area contributed by atoms with Crippen molar-refractivity contribution < 1.29 is 37.6 Å². The van der Waals surface area contributed by atoms with E-state index < -0.39 is 23.7 Å². The van der Waals surface area contributed by atoms with Crippen LogP contribution in [0, 0.1) is 0 Å². The van der Waals surface area contributed by atoms with Crippen molar-refractivity contribution in [3.63, 3.8) is 0 Å². The number of aliphatic carboxylic acids is 1. The number of rotatable bonds is 8. The second kappa shape index (κ2) is 11.5. The SMILES string of the molecule is C=C[CH2][Ti]([O]C(C)C)([O]C(C)C)[O]C(C)C.CC(=O)O. The zero-order chi connectivity index (χ0) is 16.3. The maximum atomic E-state index is 9.00. The number of carboxylic acids is 1. The van der Waals surface area contributed by atoms with E-state index in [9.17, 15) is 0 Å². The Labute approximate surface area is 128 Å². The van der Waals surface area contributed by atoms with Gasteiger partial charge < -0.3 is 5.11 Å². The van der Waals surface area contributed by atoms with E-state index >= 15 is 0 Å². The second-order valence-electron chi connectivity index (χ2n) is 5.19. The van der Waals surface area contributed by atoms with Crippen molar-refractivity contribution in [2.75, 3.05) is 0 Å². The minimum absolute atomic E-state index is 0.123. The Morgan fingerprint density at radius 3 is 1.45 bits per heavy atom. The largest absolute Gasteiger partial charge is 0.481 e. The van der Waals surface area contributed by atoms with Gasteiger partial charge in [0.1, 0.15) is 0 Å². The van der Waals surface area contributed by atoms with E-state index in [2.05, 4.69) is 6.58 Å². The van der Waals surface area contributed by atoms with Gasteiger partial charge in [-0.2, -0.15) is 0 Å². The average Bonchev–Trinajstić information content (AvgIpc) is 2.11. The van der Waals surface area contributed by atoms with E-state index in [4.69, 9.17) is 19.9 Å². The van der Waals surface area contributed by atoms with Crippen LogP contribution >= 0.6 is 0 Å². The molecule has 0 bridgehead atoms. The fraction of sp³-hybridized carbons (Fsp3) is 0.786. The maximum Gasteiger partial charge on any atom is 0.300 e.